The van der Waals surface area contributed by atoms with Crippen molar-refractivity contribution in [2.75, 3.05) is 19.8 Å². The van der Waals surface area contributed by atoms with Gasteiger partial charge >= 0.3 is 5.97 Å². The van der Waals surface area contributed by atoms with E-state index in [4.69, 9.17) is 14.2 Å². The number of carbonyl (C=O) groups is 1. The first kappa shape index (κ1) is 12.6. The summed E-state index contributed by atoms with van der Waals surface area (Å²) >= 11 is 0. The Morgan fingerprint density at radius 3 is 2.82 bits per heavy atom. The fourth-order valence-corrected chi connectivity index (χ4v) is 2.64. The van der Waals surface area contributed by atoms with Gasteiger partial charge < -0.3 is 14.2 Å². The predicted octanol–water partition coefficient (Wildman–Crippen LogP) is 1.89. The van der Waals surface area contributed by atoms with Gasteiger partial charge in [-0.15, -0.1) is 0 Å². The second-order valence-corrected chi connectivity index (χ2v) is 4.62. The van der Waals surface area contributed by atoms with Crippen molar-refractivity contribution in [3.63, 3.8) is 0 Å². The lowest BCUT2D eigenvalue weighted by Gasteiger charge is -2.22. The summed E-state index contributed by atoms with van der Waals surface area (Å²) in [5.41, 5.74) is 1.11. The largest absolute Gasteiger partial charge is 0.463 e. The maximum atomic E-state index is 11.5. The van der Waals surface area contributed by atoms with Crippen molar-refractivity contribution in [3.8, 4) is 0 Å². The molecule has 2 aliphatic rings. The van der Waals surface area contributed by atoms with E-state index in [0.29, 0.717) is 25.7 Å². The van der Waals surface area contributed by atoms with Crippen molar-refractivity contribution < 1.29 is 19.0 Å². The SMILES string of the molecule is CCOC(=O)/C=C1\CC[C@@H](C)[C@@H]1C1OCCO1. The third-order valence-corrected chi connectivity index (χ3v) is 3.46. The van der Waals surface area contributed by atoms with Crippen LogP contribution in [0.25, 0.3) is 0 Å². The second kappa shape index (κ2) is 5.65. The fraction of sp³-hybridized carbons (Fsp3) is 0.769. The van der Waals surface area contributed by atoms with E-state index in [9.17, 15) is 4.79 Å². The molecule has 17 heavy (non-hydrogen) atoms. The molecule has 0 aromatic heterocycles. The van der Waals surface area contributed by atoms with Gasteiger partial charge in [0, 0.05) is 12.0 Å². The Morgan fingerprint density at radius 1 is 1.47 bits per heavy atom. The zero-order chi connectivity index (χ0) is 12.3. The van der Waals surface area contributed by atoms with Crippen LogP contribution < -0.4 is 0 Å². The molecule has 0 N–H and O–H groups in total. The van der Waals surface area contributed by atoms with Crippen LogP contribution in [0, 0.1) is 11.8 Å². The molecule has 1 saturated carbocycles. The Kier molecular flexibility index (Phi) is 4.18. The van der Waals surface area contributed by atoms with Gasteiger partial charge in [-0.1, -0.05) is 12.5 Å². The Bertz CT molecular complexity index is 305. The van der Waals surface area contributed by atoms with Crippen LogP contribution in [0.3, 0.4) is 0 Å². The van der Waals surface area contributed by atoms with Gasteiger partial charge in [-0.05, 0) is 25.7 Å². The molecule has 0 spiro atoms. The molecule has 1 aliphatic heterocycles. The molecule has 2 atom stereocenters. The fourth-order valence-electron chi connectivity index (χ4n) is 2.64. The zero-order valence-electron chi connectivity index (χ0n) is 10.5. The van der Waals surface area contributed by atoms with Crippen molar-refractivity contribution in [2.24, 2.45) is 11.8 Å². The average molecular weight is 240 g/mol. The van der Waals surface area contributed by atoms with Crippen LogP contribution >= 0.6 is 0 Å². The summed E-state index contributed by atoms with van der Waals surface area (Å²) < 4.78 is 16.1. The smallest absolute Gasteiger partial charge is 0.330 e. The van der Waals surface area contributed by atoms with Crippen molar-refractivity contribution in [1.82, 2.24) is 0 Å². The van der Waals surface area contributed by atoms with Gasteiger partial charge in [0.1, 0.15) is 0 Å². The van der Waals surface area contributed by atoms with Gasteiger partial charge in [0.05, 0.1) is 19.8 Å². The van der Waals surface area contributed by atoms with E-state index in [1.54, 1.807) is 6.08 Å². The minimum absolute atomic E-state index is 0.173. The average Bonchev–Trinajstić information content (AvgIpc) is 2.89. The molecule has 0 aromatic rings. The van der Waals surface area contributed by atoms with Crippen LogP contribution in [-0.4, -0.2) is 32.1 Å². The molecule has 0 bridgehead atoms. The van der Waals surface area contributed by atoms with Crippen molar-refractivity contribution in [1.29, 1.82) is 0 Å². The summed E-state index contributed by atoms with van der Waals surface area (Å²) in [7, 11) is 0. The molecule has 0 unspecified atom stereocenters. The predicted molar refractivity (Wildman–Crippen MR) is 62.3 cm³/mol. The first-order valence-corrected chi connectivity index (χ1v) is 6.32. The van der Waals surface area contributed by atoms with Crippen molar-refractivity contribution in [3.05, 3.63) is 11.6 Å². The summed E-state index contributed by atoms with van der Waals surface area (Å²) in [5.74, 6) is 0.459. The topological polar surface area (TPSA) is 44.8 Å². The summed E-state index contributed by atoms with van der Waals surface area (Å²) in [5, 5.41) is 0. The lowest BCUT2D eigenvalue weighted by Crippen LogP contribution is -2.25. The van der Waals surface area contributed by atoms with Crippen molar-refractivity contribution in [2.45, 2.75) is 33.0 Å². The van der Waals surface area contributed by atoms with Crippen LogP contribution in [0.15, 0.2) is 11.6 Å². The monoisotopic (exact) mass is 240 g/mol. The highest BCUT2D eigenvalue weighted by Gasteiger charge is 2.38. The van der Waals surface area contributed by atoms with E-state index >= 15 is 0 Å². The molecule has 0 aromatic carbocycles. The molecular formula is C13H20O4. The Morgan fingerprint density at radius 2 is 2.18 bits per heavy atom. The van der Waals surface area contributed by atoms with E-state index in [1.807, 2.05) is 6.92 Å². The highest BCUT2D eigenvalue weighted by Crippen LogP contribution is 2.40. The van der Waals surface area contributed by atoms with Crippen LogP contribution in [0.4, 0.5) is 0 Å². The van der Waals surface area contributed by atoms with Crippen LogP contribution in [0.2, 0.25) is 0 Å². The van der Waals surface area contributed by atoms with E-state index < -0.39 is 0 Å². The molecule has 2 fully saturated rings. The highest BCUT2D eigenvalue weighted by molar-refractivity contribution is 5.83. The molecule has 2 rings (SSSR count). The number of esters is 1. The molecule has 4 heteroatoms. The first-order valence-electron chi connectivity index (χ1n) is 6.32. The van der Waals surface area contributed by atoms with Crippen molar-refractivity contribution >= 4 is 5.97 Å². The summed E-state index contributed by atoms with van der Waals surface area (Å²) in [6.45, 7) is 5.72. The maximum absolute atomic E-state index is 11.5. The van der Waals surface area contributed by atoms with Gasteiger partial charge in [-0.2, -0.15) is 0 Å². The molecular weight excluding hydrogens is 220 g/mol. The van der Waals surface area contributed by atoms with Gasteiger partial charge in [0.2, 0.25) is 0 Å². The molecule has 0 amide bonds. The van der Waals surface area contributed by atoms with Crippen LogP contribution in [0.1, 0.15) is 26.7 Å². The maximum Gasteiger partial charge on any atom is 0.330 e. The second-order valence-electron chi connectivity index (χ2n) is 4.62. The van der Waals surface area contributed by atoms with E-state index in [1.165, 1.54) is 0 Å². The molecule has 0 radical (unpaired) electrons. The number of hydrogen-bond acceptors (Lipinski definition) is 4. The van der Waals surface area contributed by atoms with E-state index in [0.717, 1.165) is 18.4 Å². The quantitative estimate of drug-likeness (QED) is 0.558. The van der Waals surface area contributed by atoms with Crippen LogP contribution in [0.5, 0.6) is 0 Å². The zero-order valence-corrected chi connectivity index (χ0v) is 10.5. The van der Waals surface area contributed by atoms with E-state index in [-0.39, 0.29) is 18.2 Å². The van der Waals surface area contributed by atoms with Gasteiger partial charge in [0.15, 0.2) is 6.29 Å². The van der Waals surface area contributed by atoms with Gasteiger partial charge in [-0.3, -0.25) is 0 Å². The van der Waals surface area contributed by atoms with Gasteiger partial charge in [-0.25, -0.2) is 4.79 Å². The third-order valence-electron chi connectivity index (χ3n) is 3.46. The number of rotatable bonds is 3. The standard InChI is InChI=1S/C13H20O4/c1-3-15-11(14)8-10-5-4-9(2)12(10)13-16-6-7-17-13/h8-9,12-13H,3-7H2,1-2H3/b10-8+/t9-,12+/m1/s1. The minimum Gasteiger partial charge on any atom is -0.463 e. The lowest BCUT2D eigenvalue weighted by atomic mass is 9.94. The molecule has 1 aliphatic carbocycles. The minimum atomic E-state index is -0.250. The number of carbonyl (C=O) groups excluding carboxylic acids is 1. The summed E-state index contributed by atoms with van der Waals surface area (Å²) in [6.07, 6.45) is 3.48. The first-order chi connectivity index (χ1) is 8.22. The Hall–Kier alpha value is -0.870. The normalized spacial score (nSPS) is 32.2. The Balaban J connectivity index is 2.07. The third kappa shape index (κ3) is 2.87. The molecule has 96 valence electrons. The Labute approximate surface area is 102 Å². The summed E-state index contributed by atoms with van der Waals surface area (Å²) in [4.78, 5) is 11.5. The highest BCUT2D eigenvalue weighted by atomic mass is 16.7. The number of ether oxygens (including phenoxy) is 3. The van der Waals surface area contributed by atoms with Crippen LogP contribution in [-0.2, 0) is 19.0 Å². The molecule has 4 nitrogen and oxygen atoms in total. The molecule has 1 saturated heterocycles. The van der Waals surface area contributed by atoms with E-state index in [2.05, 4.69) is 6.92 Å². The number of hydrogen-bond donors (Lipinski definition) is 0. The summed E-state index contributed by atoms with van der Waals surface area (Å²) in [6, 6.07) is 0. The molecule has 1 heterocycles. The lowest BCUT2D eigenvalue weighted by molar-refractivity contribution is -0.137. The van der Waals surface area contributed by atoms with Gasteiger partial charge in [0.25, 0.3) is 0 Å².